The highest BCUT2D eigenvalue weighted by Crippen LogP contribution is 2.40. The molecule has 12 heteroatoms. The lowest BCUT2D eigenvalue weighted by atomic mass is 9.95. The van der Waals surface area contributed by atoms with E-state index in [0.717, 1.165) is 42.6 Å². The summed E-state index contributed by atoms with van der Waals surface area (Å²) in [4.78, 5) is 27.2. The first-order chi connectivity index (χ1) is 21.6. The Morgan fingerprint density at radius 2 is 1.78 bits per heavy atom. The van der Waals surface area contributed by atoms with E-state index in [1.54, 1.807) is 41.3 Å². The quantitative estimate of drug-likeness (QED) is 0.192. The molecule has 0 unspecified atom stereocenters. The molecule has 1 saturated heterocycles. The summed E-state index contributed by atoms with van der Waals surface area (Å²) in [5, 5.41) is 15.5. The van der Waals surface area contributed by atoms with Gasteiger partial charge in [0.2, 0.25) is 10.0 Å². The third-order valence-electron chi connectivity index (χ3n) is 9.12. The molecule has 2 aliphatic heterocycles. The van der Waals surface area contributed by atoms with E-state index in [9.17, 15) is 23.3 Å². The summed E-state index contributed by atoms with van der Waals surface area (Å²) in [6.07, 6.45) is 7.25. The third-order valence-corrected chi connectivity index (χ3v) is 11.0. The van der Waals surface area contributed by atoms with E-state index < -0.39 is 10.0 Å². The topological polar surface area (TPSA) is 127 Å². The van der Waals surface area contributed by atoms with Crippen molar-refractivity contribution in [3.63, 3.8) is 0 Å². The number of hydrogen-bond acceptors (Lipinski definition) is 7. The van der Waals surface area contributed by atoms with Crippen molar-refractivity contribution in [2.45, 2.75) is 63.8 Å². The summed E-state index contributed by atoms with van der Waals surface area (Å²) in [5.41, 5.74) is 5.27. The van der Waals surface area contributed by atoms with Gasteiger partial charge in [-0.25, -0.2) is 8.42 Å². The van der Waals surface area contributed by atoms with Gasteiger partial charge in [0, 0.05) is 54.3 Å². The molecule has 3 heterocycles. The van der Waals surface area contributed by atoms with Crippen LogP contribution in [0.15, 0.2) is 47.4 Å². The Kier molecular flexibility index (Phi) is 8.55. The molecule has 45 heavy (non-hydrogen) atoms. The van der Waals surface area contributed by atoms with Gasteiger partial charge in [-0.15, -0.1) is 0 Å². The standard InChI is InChI=1S/C33H39N5O6S/c1-4-36-31-13-11-27(45(42,43)35-14-16-44-17-15-35)21-28(31)29(33(36)39)19-24-18-22(2)37(23(24)3)26-10-12-30(32(20-26)38(40)41)34-25-8-6-5-7-9-25/h10-13,18-21,25,34H,4-9,14-17H2,1-3H3/b29-19-. The van der Waals surface area contributed by atoms with E-state index in [-0.39, 0.29) is 40.5 Å². The molecule has 0 spiro atoms. The van der Waals surface area contributed by atoms with Gasteiger partial charge in [0.25, 0.3) is 11.6 Å². The number of aromatic nitrogens is 1. The van der Waals surface area contributed by atoms with Crippen molar-refractivity contribution in [3.05, 3.63) is 75.1 Å². The lowest BCUT2D eigenvalue weighted by molar-refractivity contribution is -0.384. The molecule has 1 aromatic heterocycles. The number of amides is 1. The van der Waals surface area contributed by atoms with Gasteiger partial charge in [0.05, 0.1) is 34.4 Å². The van der Waals surface area contributed by atoms with Crippen LogP contribution < -0.4 is 10.2 Å². The van der Waals surface area contributed by atoms with E-state index in [0.29, 0.717) is 48.0 Å². The fraction of sp³-hybridized carbons (Fsp3) is 0.424. The molecule has 11 nitrogen and oxygen atoms in total. The summed E-state index contributed by atoms with van der Waals surface area (Å²) >= 11 is 0. The largest absolute Gasteiger partial charge is 0.379 e. The molecule has 6 rings (SSSR count). The number of nitro benzene ring substituents is 1. The van der Waals surface area contributed by atoms with Crippen molar-refractivity contribution < 1.29 is 22.9 Å². The van der Waals surface area contributed by atoms with Crippen LogP contribution in [0.1, 0.15) is 61.5 Å². The molecule has 1 N–H and O–H groups in total. The Balaban J connectivity index is 1.37. The fourth-order valence-electron chi connectivity index (χ4n) is 6.77. The molecule has 2 fully saturated rings. The number of carbonyl (C=O) groups excluding carboxylic acids is 1. The van der Waals surface area contributed by atoms with Crippen molar-refractivity contribution in [1.29, 1.82) is 0 Å². The highest BCUT2D eigenvalue weighted by Gasteiger charge is 2.35. The molecule has 238 valence electrons. The van der Waals surface area contributed by atoms with Gasteiger partial charge in [0.15, 0.2) is 0 Å². The smallest absolute Gasteiger partial charge is 0.294 e. The predicted octanol–water partition coefficient (Wildman–Crippen LogP) is 5.67. The van der Waals surface area contributed by atoms with Crippen LogP contribution in [0.2, 0.25) is 0 Å². The van der Waals surface area contributed by atoms with Crippen LogP contribution in [0.4, 0.5) is 17.1 Å². The molecular weight excluding hydrogens is 594 g/mol. The van der Waals surface area contributed by atoms with Crippen LogP contribution in [0, 0.1) is 24.0 Å². The monoisotopic (exact) mass is 633 g/mol. The number of carbonyl (C=O) groups is 1. The number of fused-ring (bicyclic) bond motifs is 1. The normalized spacial score (nSPS) is 18.9. The van der Waals surface area contributed by atoms with Crippen molar-refractivity contribution in [3.8, 4) is 5.69 Å². The zero-order valence-electron chi connectivity index (χ0n) is 25.9. The van der Waals surface area contributed by atoms with Crippen LogP contribution >= 0.6 is 0 Å². The van der Waals surface area contributed by atoms with E-state index >= 15 is 0 Å². The minimum atomic E-state index is -3.76. The molecule has 1 aliphatic carbocycles. The van der Waals surface area contributed by atoms with Gasteiger partial charge in [-0.1, -0.05) is 19.3 Å². The van der Waals surface area contributed by atoms with E-state index in [1.165, 1.54) is 10.7 Å². The van der Waals surface area contributed by atoms with Crippen molar-refractivity contribution >= 4 is 44.6 Å². The Morgan fingerprint density at radius 1 is 1.04 bits per heavy atom. The number of nitro groups is 1. The molecule has 2 aromatic carbocycles. The van der Waals surface area contributed by atoms with Gasteiger partial charge in [-0.05, 0) is 81.7 Å². The maximum absolute atomic E-state index is 13.6. The number of ether oxygens (including phenoxy) is 1. The Bertz CT molecular complexity index is 1780. The number of likely N-dealkylation sites (N-methyl/N-ethyl adjacent to an activating group) is 1. The van der Waals surface area contributed by atoms with Crippen molar-refractivity contribution in [2.75, 3.05) is 43.1 Å². The molecule has 1 amide bonds. The summed E-state index contributed by atoms with van der Waals surface area (Å²) in [5.74, 6) is -0.202. The lowest BCUT2D eigenvalue weighted by Crippen LogP contribution is -2.40. The van der Waals surface area contributed by atoms with Gasteiger partial charge in [0.1, 0.15) is 5.69 Å². The zero-order chi connectivity index (χ0) is 31.9. The lowest BCUT2D eigenvalue weighted by Gasteiger charge is -2.26. The maximum Gasteiger partial charge on any atom is 0.294 e. The minimum absolute atomic E-state index is 0.0259. The first kappa shape index (κ1) is 31.0. The number of nitrogens with zero attached hydrogens (tertiary/aromatic N) is 4. The summed E-state index contributed by atoms with van der Waals surface area (Å²) in [6.45, 7) is 7.40. The molecule has 1 saturated carbocycles. The first-order valence-electron chi connectivity index (χ1n) is 15.6. The van der Waals surface area contributed by atoms with Crippen LogP contribution in [0.25, 0.3) is 17.3 Å². The van der Waals surface area contributed by atoms with Gasteiger partial charge in [-0.3, -0.25) is 14.9 Å². The third kappa shape index (κ3) is 5.78. The van der Waals surface area contributed by atoms with Crippen LogP contribution in [0.3, 0.4) is 0 Å². The number of sulfonamides is 1. The highest BCUT2D eigenvalue weighted by atomic mass is 32.2. The maximum atomic E-state index is 13.6. The van der Waals surface area contributed by atoms with Crippen LogP contribution in [-0.2, 0) is 19.6 Å². The van der Waals surface area contributed by atoms with Crippen molar-refractivity contribution in [1.82, 2.24) is 8.87 Å². The first-order valence-corrected chi connectivity index (χ1v) is 17.0. The van der Waals surface area contributed by atoms with Crippen LogP contribution in [-0.4, -0.2) is 67.0 Å². The Morgan fingerprint density at radius 3 is 2.47 bits per heavy atom. The second-order valence-corrected chi connectivity index (χ2v) is 13.8. The average molecular weight is 634 g/mol. The molecule has 0 radical (unpaired) electrons. The van der Waals surface area contributed by atoms with Gasteiger partial charge >= 0.3 is 0 Å². The summed E-state index contributed by atoms with van der Waals surface area (Å²) in [6, 6.07) is 12.3. The number of hydrogen-bond donors (Lipinski definition) is 1. The van der Waals surface area contributed by atoms with Crippen molar-refractivity contribution in [2.24, 2.45) is 0 Å². The molecule has 3 aromatic rings. The van der Waals surface area contributed by atoms with Gasteiger partial charge in [-0.2, -0.15) is 4.31 Å². The fourth-order valence-corrected chi connectivity index (χ4v) is 8.21. The Hall–Kier alpha value is -4.00. The predicted molar refractivity (Wildman–Crippen MR) is 174 cm³/mol. The van der Waals surface area contributed by atoms with Gasteiger partial charge < -0.3 is 19.5 Å². The molecular formula is C33H39N5O6S. The SMILES string of the molecule is CCN1C(=O)/C(=C\c2cc(C)n(-c3ccc(NC4CCCCC4)c([N+](=O)[O-])c3)c2C)c2cc(S(=O)(=O)N3CCOCC3)ccc21. The second kappa shape index (κ2) is 12.4. The molecule has 0 bridgehead atoms. The van der Waals surface area contributed by atoms with E-state index in [1.807, 2.05) is 37.5 Å². The second-order valence-electron chi connectivity index (χ2n) is 11.9. The minimum Gasteiger partial charge on any atom is -0.379 e. The number of morpholine rings is 1. The summed E-state index contributed by atoms with van der Waals surface area (Å²) < 4.78 is 35.6. The molecule has 3 aliphatic rings. The Labute approximate surface area is 263 Å². The molecule has 0 atom stereocenters. The summed E-state index contributed by atoms with van der Waals surface area (Å²) in [7, 11) is -3.76. The number of aryl methyl sites for hydroxylation is 1. The zero-order valence-corrected chi connectivity index (χ0v) is 26.7. The van der Waals surface area contributed by atoms with Crippen LogP contribution in [0.5, 0.6) is 0 Å². The number of nitrogens with one attached hydrogen (secondary N) is 1. The van der Waals surface area contributed by atoms with E-state index in [4.69, 9.17) is 4.74 Å². The number of anilines is 2. The highest BCUT2D eigenvalue weighted by molar-refractivity contribution is 7.89. The van der Waals surface area contributed by atoms with E-state index in [2.05, 4.69) is 5.32 Å². The number of benzene rings is 2. The average Bonchev–Trinajstić information content (AvgIpc) is 3.48. The number of rotatable bonds is 8.